The van der Waals surface area contributed by atoms with Crippen LogP contribution in [0.1, 0.15) is 70.3 Å². The molecule has 6 aromatic rings. The molecule has 2 aromatic heterocycles. The first-order valence-electron chi connectivity index (χ1n) is 17.4. The van der Waals surface area contributed by atoms with Crippen LogP contribution in [0.15, 0.2) is 102 Å². The lowest BCUT2D eigenvalue weighted by Gasteiger charge is -2.34. The van der Waals surface area contributed by atoms with E-state index in [1.54, 1.807) is 30.3 Å². The maximum absolute atomic E-state index is 9.25. The van der Waals surface area contributed by atoms with Crippen LogP contribution < -0.4 is 0 Å². The van der Waals surface area contributed by atoms with E-state index in [2.05, 4.69) is 24.9 Å². The van der Waals surface area contributed by atoms with Crippen LogP contribution in [0.25, 0.3) is 55.4 Å². The Kier molecular flexibility index (Phi) is 4.96. The molecule has 0 aliphatic heterocycles. The Hall–Kier alpha value is -4.68. The molecule has 0 N–H and O–H groups in total. The first kappa shape index (κ1) is 20.2. The van der Waals surface area contributed by atoms with E-state index < -0.39 is 12.7 Å². The number of pyridine rings is 1. The van der Waals surface area contributed by atoms with Crippen molar-refractivity contribution in [2.24, 2.45) is 5.41 Å². The highest BCUT2D eigenvalue weighted by molar-refractivity contribution is 6.12. The van der Waals surface area contributed by atoms with Gasteiger partial charge in [0.25, 0.3) is 0 Å². The van der Waals surface area contributed by atoms with E-state index in [-0.39, 0.29) is 34.2 Å². The van der Waals surface area contributed by atoms with Crippen LogP contribution in [0.4, 0.5) is 0 Å². The van der Waals surface area contributed by atoms with Gasteiger partial charge in [-0.15, -0.1) is 0 Å². The summed E-state index contributed by atoms with van der Waals surface area (Å²) in [4.78, 5) is 4.59. The minimum Gasteiger partial charge on any atom is -0.455 e. The Morgan fingerprint density at radius 1 is 0.881 bits per heavy atom. The van der Waals surface area contributed by atoms with Gasteiger partial charge in [-0.25, -0.2) is 0 Å². The van der Waals surface area contributed by atoms with Crippen LogP contribution in [0.2, 0.25) is 0 Å². The topological polar surface area (TPSA) is 49.8 Å². The second kappa shape index (κ2) is 10.3. The standard InChI is InChI=1S/C39H34N2O/c1-25-24-41-36(22-35(25)30-16-14-27(15-17-30)28-18-20-39(2,3)21-19-28)34-9-5-8-33-32-7-4-6-31(37(32)42-38(33)34)29-12-10-26(23-40)11-13-29/h4-17,22,24,28H,18-21H2,1-3H3/i1D3,16D,17D,28D. The van der Waals surface area contributed by atoms with Crippen molar-refractivity contribution in [3.05, 3.63) is 114 Å². The summed E-state index contributed by atoms with van der Waals surface area (Å²) in [5, 5.41) is 11.0. The second-order valence-corrected chi connectivity index (χ2v) is 11.9. The lowest BCUT2D eigenvalue weighted by atomic mass is 9.71. The normalized spacial score (nSPS) is 18.3. The third-order valence-corrected chi connectivity index (χ3v) is 8.66. The first-order valence-corrected chi connectivity index (χ1v) is 14.4. The quantitative estimate of drug-likeness (QED) is 0.218. The number of hydrogen-bond acceptors (Lipinski definition) is 3. The number of furan rings is 1. The third kappa shape index (κ3) is 4.68. The fourth-order valence-corrected chi connectivity index (χ4v) is 6.04. The summed E-state index contributed by atoms with van der Waals surface area (Å²) >= 11 is 0. The van der Waals surface area contributed by atoms with Gasteiger partial charge in [0.2, 0.25) is 0 Å². The fraction of sp³-hybridized carbons (Fsp3) is 0.231. The molecule has 2 heterocycles. The van der Waals surface area contributed by atoms with Crippen molar-refractivity contribution < 1.29 is 12.6 Å². The molecule has 0 radical (unpaired) electrons. The minimum absolute atomic E-state index is 0.0191. The Labute approximate surface area is 255 Å². The molecule has 1 fully saturated rings. The molecule has 0 atom stereocenters. The number of para-hydroxylation sites is 2. The van der Waals surface area contributed by atoms with Crippen molar-refractivity contribution >= 4 is 21.9 Å². The largest absolute Gasteiger partial charge is 0.455 e. The molecule has 0 amide bonds. The van der Waals surface area contributed by atoms with Crippen molar-refractivity contribution in [1.29, 1.82) is 5.26 Å². The Bertz CT molecular complexity index is 2230. The van der Waals surface area contributed by atoms with Gasteiger partial charge in [-0.2, -0.15) is 5.26 Å². The van der Waals surface area contributed by atoms with Crippen molar-refractivity contribution in [3.8, 4) is 39.6 Å². The lowest BCUT2D eigenvalue weighted by molar-refractivity contribution is 0.224. The van der Waals surface area contributed by atoms with E-state index in [1.165, 1.54) is 6.20 Å². The summed E-state index contributed by atoms with van der Waals surface area (Å²) in [5.41, 5.74) is 5.91. The molecule has 0 spiro atoms. The lowest BCUT2D eigenvalue weighted by Crippen LogP contribution is -2.20. The average molecular weight is 553 g/mol. The number of fused-ring (bicyclic) bond motifs is 3. The molecule has 206 valence electrons. The van der Waals surface area contributed by atoms with Crippen LogP contribution in [-0.4, -0.2) is 4.98 Å². The first-order chi connectivity index (χ1) is 22.8. The van der Waals surface area contributed by atoms with E-state index in [1.807, 2.05) is 48.5 Å². The highest BCUT2D eigenvalue weighted by Gasteiger charge is 2.27. The van der Waals surface area contributed by atoms with Gasteiger partial charge in [0.1, 0.15) is 11.2 Å². The van der Waals surface area contributed by atoms with Gasteiger partial charge in [-0.3, -0.25) is 4.98 Å². The number of hydrogen-bond donors (Lipinski definition) is 0. The van der Waals surface area contributed by atoms with Crippen molar-refractivity contribution in [2.75, 3.05) is 0 Å². The van der Waals surface area contributed by atoms with Crippen LogP contribution in [0.5, 0.6) is 0 Å². The predicted molar refractivity (Wildman–Crippen MR) is 172 cm³/mol. The van der Waals surface area contributed by atoms with Crippen LogP contribution in [0.3, 0.4) is 0 Å². The molecule has 0 unspecified atom stereocenters. The SMILES string of the molecule is [2H]c1cc(C2([2H])CCC(C)(C)CC2)cc([2H])c1-c1cc(-c2cccc3c2oc2c(-c4ccc(C#N)cc4)cccc23)ncc1C([2H])([2H])[2H]. The molecular weight excluding hydrogens is 512 g/mol. The smallest absolute Gasteiger partial charge is 0.144 e. The molecule has 1 aliphatic rings. The predicted octanol–water partition coefficient (Wildman–Crippen LogP) is 10.8. The fourth-order valence-electron chi connectivity index (χ4n) is 6.04. The van der Waals surface area contributed by atoms with Gasteiger partial charge >= 0.3 is 0 Å². The van der Waals surface area contributed by atoms with Gasteiger partial charge in [0, 0.05) is 33.6 Å². The summed E-state index contributed by atoms with van der Waals surface area (Å²) in [5.74, 6) is -0.885. The number of nitriles is 1. The van der Waals surface area contributed by atoms with E-state index in [0.29, 0.717) is 46.4 Å². The van der Waals surface area contributed by atoms with E-state index in [4.69, 9.17) is 11.3 Å². The van der Waals surface area contributed by atoms with Gasteiger partial charge in [0.15, 0.2) is 0 Å². The van der Waals surface area contributed by atoms with E-state index in [0.717, 1.165) is 34.7 Å². The maximum Gasteiger partial charge on any atom is 0.144 e. The molecule has 3 heteroatoms. The molecule has 42 heavy (non-hydrogen) atoms. The van der Waals surface area contributed by atoms with Crippen molar-refractivity contribution in [3.63, 3.8) is 0 Å². The zero-order valence-electron chi connectivity index (χ0n) is 29.7. The summed E-state index contributed by atoms with van der Waals surface area (Å²) in [6, 6.07) is 26.1. The minimum atomic E-state index is -2.54. The highest BCUT2D eigenvalue weighted by Crippen LogP contribution is 2.43. The Morgan fingerprint density at radius 3 is 2.21 bits per heavy atom. The molecule has 3 nitrogen and oxygen atoms in total. The van der Waals surface area contributed by atoms with Crippen LogP contribution >= 0.6 is 0 Å². The Morgan fingerprint density at radius 2 is 1.55 bits per heavy atom. The molecule has 4 aromatic carbocycles. The second-order valence-electron chi connectivity index (χ2n) is 11.9. The summed E-state index contributed by atoms with van der Waals surface area (Å²) < 4.78 is 58.7. The Balaban J connectivity index is 1.37. The molecule has 1 saturated carbocycles. The van der Waals surface area contributed by atoms with Gasteiger partial charge in [-0.05, 0) is 95.9 Å². The summed E-state index contributed by atoms with van der Waals surface area (Å²) in [7, 11) is 0. The monoisotopic (exact) mass is 552 g/mol. The number of aromatic nitrogens is 1. The molecular formula is C39H34N2O. The van der Waals surface area contributed by atoms with Gasteiger partial charge < -0.3 is 4.42 Å². The number of aryl methyl sites for hydroxylation is 1. The van der Waals surface area contributed by atoms with Crippen LogP contribution in [-0.2, 0) is 0 Å². The highest BCUT2D eigenvalue weighted by atomic mass is 16.3. The maximum atomic E-state index is 9.25. The third-order valence-electron chi connectivity index (χ3n) is 8.66. The number of rotatable bonds is 4. The van der Waals surface area contributed by atoms with Gasteiger partial charge in [-0.1, -0.05) is 80.5 Å². The van der Waals surface area contributed by atoms with Crippen molar-refractivity contribution in [1.82, 2.24) is 4.98 Å². The average Bonchev–Trinajstić information content (AvgIpc) is 3.45. The van der Waals surface area contributed by atoms with Gasteiger partial charge in [0.05, 0.1) is 20.1 Å². The molecule has 0 saturated heterocycles. The van der Waals surface area contributed by atoms with E-state index >= 15 is 0 Å². The zero-order valence-corrected chi connectivity index (χ0v) is 23.7. The number of benzene rings is 4. The van der Waals surface area contributed by atoms with Crippen LogP contribution in [0, 0.1) is 23.6 Å². The molecule has 7 rings (SSSR count). The summed E-state index contributed by atoms with van der Waals surface area (Å²) in [6.07, 6.45) is 4.39. The zero-order chi connectivity index (χ0) is 34.0. The van der Waals surface area contributed by atoms with Crippen molar-refractivity contribution in [2.45, 2.75) is 52.3 Å². The molecule has 0 bridgehead atoms. The van der Waals surface area contributed by atoms with E-state index in [9.17, 15) is 6.63 Å². The number of nitrogens with zero attached hydrogens (tertiary/aromatic N) is 2. The summed E-state index contributed by atoms with van der Waals surface area (Å²) in [6.45, 7) is 1.88. The molecule has 1 aliphatic carbocycles.